The third kappa shape index (κ3) is 2.89. The van der Waals surface area contributed by atoms with Crippen molar-refractivity contribution >= 4 is 0 Å². The summed E-state index contributed by atoms with van der Waals surface area (Å²) in [5, 5.41) is 31.2. The predicted octanol–water partition coefficient (Wildman–Crippen LogP) is 5.94. The summed E-state index contributed by atoms with van der Waals surface area (Å²) in [5.41, 5.74) is 0.965. The molecular weight excluding hydrogens is 396 g/mol. The number of aliphatic hydroxyl groups is 3. The molecular formula is C29H50O3. The van der Waals surface area contributed by atoms with Crippen LogP contribution in [-0.4, -0.2) is 33.1 Å². The van der Waals surface area contributed by atoms with Gasteiger partial charge >= 0.3 is 0 Å². The van der Waals surface area contributed by atoms with Crippen LogP contribution in [0.2, 0.25) is 0 Å². The number of hydrogen-bond acceptors (Lipinski definition) is 3. The second-order valence-corrected chi connectivity index (χ2v) is 14.4. The minimum Gasteiger partial charge on any atom is -0.393 e. The van der Waals surface area contributed by atoms with Crippen LogP contribution in [0, 0.1) is 51.2 Å². The Kier molecular flexibility index (Phi) is 5.31. The summed E-state index contributed by atoms with van der Waals surface area (Å²) in [6.07, 6.45) is 13.0. The molecule has 0 aromatic carbocycles. The maximum absolute atomic E-state index is 10.6. The monoisotopic (exact) mass is 446 g/mol. The fraction of sp³-hybridized carbons (Fsp3) is 1.00. The number of aliphatic hydroxyl groups excluding tert-OH is 2. The Morgan fingerprint density at radius 1 is 0.906 bits per heavy atom. The van der Waals surface area contributed by atoms with Gasteiger partial charge in [-0.2, -0.15) is 0 Å². The Morgan fingerprint density at radius 3 is 2.31 bits per heavy atom. The molecule has 3 N–H and O–H groups in total. The normalized spacial score (nSPS) is 54.1. The highest BCUT2D eigenvalue weighted by atomic mass is 16.3. The van der Waals surface area contributed by atoms with Gasteiger partial charge in [-0.1, -0.05) is 27.7 Å². The van der Waals surface area contributed by atoms with Gasteiger partial charge in [0, 0.05) is 0 Å². The highest BCUT2D eigenvalue weighted by molar-refractivity contribution is 5.29. The van der Waals surface area contributed by atoms with E-state index in [2.05, 4.69) is 27.7 Å². The van der Waals surface area contributed by atoms with E-state index in [0.29, 0.717) is 39.9 Å². The Morgan fingerprint density at radius 2 is 1.62 bits per heavy atom. The Bertz CT molecular complexity index is 743. The van der Waals surface area contributed by atoms with Gasteiger partial charge in [0.25, 0.3) is 0 Å². The summed E-state index contributed by atoms with van der Waals surface area (Å²) >= 11 is 0. The van der Waals surface area contributed by atoms with Crippen LogP contribution in [0.3, 0.4) is 0 Å². The molecule has 5 fully saturated rings. The molecule has 0 amide bonds. The lowest BCUT2D eigenvalue weighted by atomic mass is 9.43. The molecule has 32 heavy (non-hydrogen) atoms. The second-order valence-electron chi connectivity index (χ2n) is 14.4. The van der Waals surface area contributed by atoms with Gasteiger partial charge < -0.3 is 15.3 Å². The maximum atomic E-state index is 10.6. The molecule has 0 aromatic heterocycles. The molecule has 0 bridgehead atoms. The first-order chi connectivity index (χ1) is 14.8. The van der Waals surface area contributed by atoms with Gasteiger partial charge in [0.1, 0.15) is 0 Å². The van der Waals surface area contributed by atoms with Crippen LogP contribution in [0.4, 0.5) is 0 Å². The molecule has 5 aliphatic rings. The van der Waals surface area contributed by atoms with Crippen molar-refractivity contribution in [3.05, 3.63) is 0 Å². The van der Waals surface area contributed by atoms with Crippen LogP contribution in [0.25, 0.3) is 0 Å². The van der Waals surface area contributed by atoms with E-state index in [9.17, 15) is 15.3 Å². The Hall–Kier alpha value is -0.120. The smallest absolute Gasteiger partial charge is 0.0849 e. The molecule has 0 aromatic rings. The van der Waals surface area contributed by atoms with E-state index >= 15 is 0 Å². The van der Waals surface area contributed by atoms with Crippen LogP contribution in [0.5, 0.6) is 0 Å². The van der Waals surface area contributed by atoms with Crippen LogP contribution >= 0.6 is 0 Å². The van der Waals surface area contributed by atoms with E-state index < -0.39 is 11.7 Å². The summed E-state index contributed by atoms with van der Waals surface area (Å²) in [7, 11) is 0. The Balaban J connectivity index is 1.35. The first-order valence-corrected chi connectivity index (χ1v) is 13.9. The SMILES string of the molecule is C[C@H]1[C@H]2CC[C@@H]3[C@]4(CC[C@]5(C)[C@@H]([C@H](C)CC[C@H](O)C(C)(C)O)CC[C@@]35C)C[C@]24CC[C@@H]1O. The highest BCUT2D eigenvalue weighted by Gasteiger charge is 2.81. The van der Waals surface area contributed by atoms with Crippen molar-refractivity contribution < 1.29 is 15.3 Å². The van der Waals surface area contributed by atoms with Crippen molar-refractivity contribution in [2.75, 3.05) is 0 Å². The average molecular weight is 447 g/mol. The molecule has 0 heterocycles. The zero-order valence-electron chi connectivity index (χ0n) is 21.7. The number of fused-ring (bicyclic) bond motifs is 2. The van der Waals surface area contributed by atoms with E-state index in [-0.39, 0.29) is 6.10 Å². The summed E-state index contributed by atoms with van der Waals surface area (Å²) < 4.78 is 0. The zero-order valence-corrected chi connectivity index (χ0v) is 21.7. The van der Waals surface area contributed by atoms with E-state index in [4.69, 9.17) is 0 Å². The van der Waals surface area contributed by atoms with Crippen molar-refractivity contribution in [3.63, 3.8) is 0 Å². The summed E-state index contributed by atoms with van der Waals surface area (Å²) in [6, 6.07) is 0. The van der Waals surface area contributed by atoms with Gasteiger partial charge in [-0.05, 0) is 136 Å². The van der Waals surface area contributed by atoms with Crippen LogP contribution in [-0.2, 0) is 0 Å². The molecule has 3 nitrogen and oxygen atoms in total. The fourth-order valence-electron chi connectivity index (χ4n) is 10.9. The Labute approximate surface area is 196 Å². The zero-order chi connectivity index (χ0) is 23.3. The molecule has 11 atom stereocenters. The molecule has 5 aliphatic carbocycles. The van der Waals surface area contributed by atoms with Crippen LogP contribution in [0.1, 0.15) is 112 Å². The van der Waals surface area contributed by atoms with Gasteiger partial charge in [-0.25, -0.2) is 0 Å². The van der Waals surface area contributed by atoms with Crippen molar-refractivity contribution in [2.24, 2.45) is 51.2 Å². The van der Waals surface area contributed by atoms with E-state index in [1.165, 1.54) is 51.4 Å². The third-order valence-electron chi connectivity index (χ3n) is 13.1. The molecule has 5 saturated carbocycles. The van der Waals surface area contributed by atoms with Crippen LogP contribution in [0.15, 0.2) is 0 Å². The minimum absolute atomic E-state index is 0.0692. The molecule has 0 aliphatic heterocycles. The van der Waals surface area contributed by atoms with Gasteiger partial charge in [-0.3, -0.25) is 0 Å². The van der Waals surface area contributed by atoms with Gasteiger partial charge in [0.05, 0.1) is 17.8 Å². The lowest BCUT2D eigenvalue weighted by Crippen LogP contribution is -2.56. The number of hydrogen-bond donors (Lipinski definition) is 3. The molecule has 0 radical (unpaired) electrons. The van der Waals surface area contributed by atoms with Gasteiger partial charge in [-0.15, -0.1) is 0 Å². The molecule has 3 heteroatoms. The largest absolute Gasteiger partial charge is 0.393 e. The fourth-order valence-corrected chi connectivity index (χ4v) is 10.9. The molecule has 184 valence electrons. The van der Waals surface area contributed by atoms with Crippen molar-refractivity contribution in [1.29, 1.82) is 0 Å². The van der Waals surface area contributed by atoms with Crippen molar-refractivity contribution in [1.82, 2.24) is 0 Å². The molecule has 0 unspecified atom stereocenters. The quantitative estimate of drug-likeness (QED) is 0.489. The topological polar surface area (TPSA) is 60.7 Å². The summed E-state index contributed by atoms with van der Waals surface area (Å²) in [6.45, 7) is 13.5. The summed E-state index contributed by atoms with van der Waals surface area (Å²) in [5.74, 6) is 3.45. The second kappa shape index (κ2) is 7.20. The predicted molar refractivity (Wildman–Crippen MR) is 129 cm³/mol. The maximum Gasteiger partial charge on any atom is 0.0849 e. The van der Waals surface area contributed by atoms with Gasteiger partial charge in [0.15, 0.2) is 0 Å². The first-order valence-electron chi connectivity index (χ1n) is 13.9. The first kappa shape index (κ1) is 23.6. The van der Waals surface area contributed by atoms with E-state index in [1.807, 2.05) is 0 Å². The molecule has 2 spiro atoms. The lowest BCUT2D eigenvalue weighted by Gasteiger charge is -2.62. The lowest BCUT2D eigenvalue weighted by molar-refractivity contribution is -0.143. The molecule has 0 saturated heterocycles. The van der Waals surface area contributed by atoms with Crippen LogP contribution < -0.4 is 0 Å². The minimum atomic E-state index is -1.01. The highest BCUT2D eigenvalue weighted by Crippen LogP contribution is 2.88. The average Bonchev–Trinajstić information content (AvgIpc) is 3.31. The summed E-state index contributed by atoms with van der Waals surface area (Å²) in [4.78, 5) is 0. The van der Waals surface area contributed by atoms with Crippen molar-refractivity contribution in [3.8, 4) is 0 Å². The van der Waals surface area contributed by atoms with Gasteiger partial charge in [0.2, 0.25) is 0 Å². The molecule has 5 rings (SSSR count). The van der Waals surface area contributed by atoms with E-state index in [1.54, 1.807) is 13.8 Å². The third-order valence-corrected chi connectivity index (χ3v) is 13.1. The number of rotatable bonds is 5. The van der Waals surface area contributed by atoms with Crippen molar-refractivity contribution in [2.45, 2.75) is 130 Å². The standard InChI is InChI=1S/C29H50O3/c1-18(7-10-24(31)25(3,4)32)20-11-13-27(6)23-9-8-21-19(2)22(30)12-14-28(21)17-29(23,28)16-15-26(20,27)5/h18-24,30-32H,7-17H2,1-6H3/t18-,19+,20-,21-,22+,23+,24+,26-,27+,28-,29+/m1/s1. The van der Waals surface area contributed by atoms with E-state index in [0.717, 1.165) is 30.6 Å².